The highest BCUT2D eigenvalue weighted by Gasteiger charge is 2.42. The Hall–Kier alpha value is -2.28. The van der Waals surface area contributed by atoms with Gasteiger partial charge in [-0.05, 0) is 13.0 Å². The van der Waals surface area contributed by atoms with Gasteiger partial charge in [0.2, 0.25) is 17.7 Å². The molecule has 0 saturated carbocycles. The molecule has 1 aromatic carbocycles. The van der Waals surface area contributed by atoms with Crippen molar-refractivity contribution in [2.45, 2.75) is 20.0 Å². The van der Waals surface area contributed by atoms with Gasteiger partial charge in [-0.1, -0.05) is 18.1 Å². The molecule has 4 heteroatoms. The highest BCUT2D eigenvalue weighted by molar-refractivity contribution is 6.29. The van der Waals surface area contributed by atoms with E-state index in [0.717, 1.165) is 0 Å². The highest BCUT2D eigenvalue weighted by atomic mass is 16.5. The Labute approximate surface area is 105 Å². The molecule has 0 bridgehead atoms. The number of ether oxygens (including phenoxy) is 2. The molecule has 18 heavy (non-hydrogen) atoms. The molecule has 0 radical (unpaired) electrons. The first kappa shape index (κ1) is 12.2. The Morgan fingerprint density at radius 2 is 2.06 bits per heavy atom. The number of ketones is 2. The van der Waals surface area contributed by atoms with Crippen LogP contribution in [-0.4, -0.2) is 24.3 Å². The zero-order chi connectivity index (χ0) is 13.1. The topological polar surface area (TPSA) is 52.6 Å². The summed E-state index contributed by atoms with van der Waals surface area (Å²) >= 11 is 0. The van der Waals surface area contributed by atoms with E-state index in [1.807, 2.05) is 6.92 Å². The lowest BCUT2D eigenvalue weighted by atomic mass is 10.1. The van der Waals surface area contributed by atoms with E-state index < -0.39 is 6.10 Å². The minimum Gasteiger partial charge on any atom is -0.493 e. The van der Waals surface area contributed by atoms with Crippen LogP contribution in [0.4, 0.5) is 0 Å². The third-order valence-corrected chi connectivity index (χ3v) is 2.59. The van der Waals surface area contributed by atoms with Gasteiger partial charge in [0.1, 0.15) is 11.9 Å². The van der Waals surface area contributed by atoms with E-state index in [1.165, 1.54) is 0 Å². The fraction of sp³-hybridized carbons (Fsp3) is 0.286. The van der Waals surface area contributed by atoms with Crippen molar-refractivity contribution in [3.63, 3.8) is 0 Å². The van der Waals surface area contributed by atoms with Crippen molar-refractivity contribution < 1.29 is 19.1 Å². The van der Waals surface area contributed by atoms with Crippen LogP contribution in [0.1, 0.15) is 34.6 Å². The Morgan fingerprint density at radius 1 is 1.28 bits per heavy atom. The number of carbonyl (C=O) groups excluding carboxylic acids is 2. The zero-order valence-electron chi connectivity index (χ0n) is 10.1. The number of hydrogen-bond acceptors (Lipinski definition) is 4. The van der Waals surface area contributed by atoms with Crippen LogP contribution in [0.15, 0.2) is 18.2 Å². The van der Waals surface area contributed by atoms with Crippen LogP contribution in [-0.2, 0) is 4.74 Å². The first-order valence-corrected chi connectivity index (χ1v) is 5.62. The summed E-state index contributed by atoms with van der Waals surface area (Å²) in [6, 6.07) is 4.95. The smallest absolute Gasteiger partial charge is 0.235 e. The van der Waals surface area contributed by atoms with Gasteiger partial charge in [0.15, 0.2) is 0 Å². The van der Waals surface area contributed by atoms with Crippen LogP contribution in [0.25, 0.3) is 0 Å². The van der Waals surface area contributed by atoms with Gasteiger partial charge in [-0.3, -0.25) is 9.59 Å². The molecule has 1 aromatic rings. The first-order chi connectivity index (χ1) is 8.70. The monoisotopic (exact) mass is 244 g/mol. The summed E-state index contributed by atoms with van der Waals surface area (Å²) in [5.41, 5.74) is 0.640. The second kappa shape index (κ2) is 4.92. The molecular formula is C14H12O4. The van der Waals surface area contributed by atoms with Gasteiger partial charge >= 0.3 is 0 Å². The molecule has 1 aliphatic rings. The summed E-state index contributed by atoms with van der Waals surface area (Å²) in [5, 5.41) is 0. The molecule has 0 aliphatic heterocycles. The number of benzene rings is 1. The summed E-state index contributed by atoms with van der Waals surface area (Å²) in [6.07, 6.45) is 1.15. The van der Waals surface area contributed by atoms with E-state index in [2.05, 4.69) is 12.0 Å². The minimum atomic E-state index is -1.16. The molecule has 1 atom stereocenters. The molecule has 0 aromatic heterocycles. The fourth-order valence-corrected chi connectivity index (χ4v) is 1.88. The predicted molar refractivity (Wildman–Crippen MR) is 64.6 cm³/mol. The molecule has 4 nitrogen and oxygen atoms in total. The largest absolute Gasteiger partial charge is 0.493 e. The van der Waals surface area contributed by atoms with Crippen LogP contribution in [0.3, 0.4) is 0 Å². The summed E-state index contributed by atoms with van der Waals surface area (Å²) < 4.78 is 10.3. The maximum atomic E-state index is 12.1. The van der Waals surface area contributed by atoms with Crippen LogP contribution in [0.2, 0.25) is 0 Å². The molecule has 0 N–H and O–H groups in total. The zero-order valence-corrected chi connectivity index (χ0v) is 10.1. The van der Waals surface area contributed by atoms with Crippen molar-refractivity contribution in [1.29, 1.82) is 0 Å². The molecule has 1 unspecified atom stereocenters. The third-order valence-electron chi connectivity index (χ3n) is 2.59. The minimum absolute atomic E-state index is 0.298. The molecule has 0 saturated heterocycles. The summed E-state index contributed by atoms with van der Waals surface area (Å²) in [5.74, 6) is 2.17. The molecule has 0 heterocycles. The van der Waals surface area contributed by atoms with Crippen molar-refractivity contribution in [2.24, 2.45) is 0 Å². The van der Waals surface area contributed by atoms with Gasteiger partial charge in [0.25, 0.3) is 0 Å². The van der Waals surface area contributed by atoms with E-state index in [9.17, 15) is 9.59 Å². The number of fused-ring (bicyclic) bond motifs is 1. The summed E-state index contributed by atoms with van der Waals surface area (Å²) in [6.45, 7) is 3.82. The standard InChI is InChI=1S/C14H12O4/c1-3-8-18-14-12(15)9-6-5-7-10(17-4-2)11(9)13(14)16/h5-7,14H,4H2,1-2H3. The molecule has 0 spiro atoms. The van der Waals surface area contributed by atoms with E-state index in [4.69, 9.17) is 9.47 Å². The van der Waals surface area contributed by atoms with Gasteiger partial charge in [0.05, 0.1) is 12.2 Å². The van der Waals surface area contributed by atoms with Crippen molar-refractivity contribution >= 4 is 11.6 Å². The van der Waals surface area contributed by atoms with Crippen LogP contribution >= 0.6 is 0 Å². The number of Topliss-reactive ketones (excluding diaryl/α,β-unsaturated/α-hetero) is 2. The van der Waals surface area contributed by atoms with Crippen molar-refractivity contribution in [3.05, 3.63) is 29.3 Å². The molecule has 0 fully saturated rings. The second-order valence-corrected chi connectivity index (χ2v) is 3.69. The van der Waals surface area contributed by atoms with E-state index in [1.54, 1.807) is 25.1 Å². The summed E-state index contributed by atoms with van der Waals surface area (Å²) in [7, 11) is 0. The molecule has 2 rings (SSSR count). The predicted octanol–water partition coefficient (Wildman–Crippen LogP) is 1.83. The van der Waals surface area contributed by atoms with Crippen molar-refractivity contribution in [2.75, 3.05) is 6.61 Å². The van der Waals surface area contributed by atoms with Gasteiger partial charge < -0.3 is 9.47 Å². The highest BCUT2D eigenvalue weighted by Crippen LogP contribution is 2.31. The third kappa shape index (κ3) is 1.84. The quantitative estimate of drug-likeness (QED) is 0.601. The maximum Gasteiger partial charge on any atom is 0.235 e. The van der Waals surface area contributed by atoms with Crippen molar-refractivity contribution in [1.82, 2.24) is 0 Å². The Balaban J connectivity index is 2.44. The number of hydrogen-bond donors (Lipinski definition) is 0. The van der Waals surface area contributed by atoms with Crippen molar-refractivity contribution in [3.8, 4) is 17.8 Å². The Bertz CT molecular complexity index is 563. The van der Waals surface area contributed by atoms with Gasteiger partial charge in [-0.25, -0.2) is 0 Å². The lowest BCUT2D eigenvalue weighted by molar-refractivity contribution is 0.0658. The molecule has 0 amide bonds. The van der Waals surface area contributed by atoms with E-state index in [0.29, 0.717) is 23.5 Å². The van der Waals surface area contributed by atoms with Crippen LogP contribution in [0.5, 0.6) is 5.75 Å². The summed E-state index contributed by atoms with van der Waals surface area (Å²) in [4.78, 5) is 24.1. The number of rotatable bonds is 3. The van der Waals surface area contributed by atoms with Crippen LogP contribution in [0, 0.1) is 12.0 Å². The molecule has 92 valence electrons. The fourth-order valence-electron chi connectivity index (χ4n) is 1.88. The van der Waals surface area contributed by atoms with E-state index in [-0.39, 0.29) is 11.6 Å². The first-order valence-electron chi connectivity index (χ1n) is 5.62. The lowest BCUT2D eigenvalue weighted by Gasteiger charge is -2.06. The number of carbonyl (C=O) groups is 2. The average Bonchev–Trinajstić information content (AvgIpc) is 2.61. The van der Waals surface area contributed by atoms with E-state index >= 15 is 0 Å². The van der Waals surface area contributed by atoms with Gasteiger partial charge in [-0.2, -0.15) is 0 Å². The molecule has 1 aliphatic carbocycles. The normalized spacial score (nSPS) is 16.9. The van der Waals surface area contributed by atoms with Crippen LogP contribution < -0.4 is 4.74 Å². The average molecular weight is 244 g/mol. The maximum absolute atomic E-state index is 12.1. The van der Waals surface area contributed by atoms with Gasteiger partial charge in [-0.15, -0.1) is 0 Å². The Morgan fingerprint density at radius 3 is 2.72 bits per heavy atom. The Kier molecular flexibility index (Phi) is 3.33. The molecular weight excluding hydrogens is 232 g/mol. The van der Waals surface area contributed by atoms with Gasteiger partial charge in [0, 0.05) is 12.5 Å². The second-order valence-electron chi connectivity index (χ2n) is 3.69. The lowest BCUT2D eigenvalue weighted by Crippen LogP contribution is -2.23. The SMILES string of the molecule is CC#COC1C(=O)c2cccc(OCC)c2C1=O.